The van der Waals surface area contributed by atoms with Crippen LogP contribution in [0.1, 0.15) is 42.6 Å². The number of nitriles is 1. The van der Waals surface area contributed by atoms with E-state index in [2.05, 4.69) is 16.4 Å². The first-order valence-corrected chi connectivity index (χ1v) is 6.91. The summed E-state index contributed by atoms with van der Waals surface area (Å²) in [5.74, 6) is 0.505. The Kier molecular flexibility index (Phi) is 4.39. The van der Waals surface area contributed by atoms with Gasteiger partial charge in [-0.15, -0.1) is 0 Å². The number of anilines is 1. The van der Waals surface area contributed by atoms with E-state index < -0.39 is 0 Å². The third-order valence-corrected chi connectivity index (χ3v) is 3.94. The van der Waals surface area contributed by atoms with Crippen LogP contribution < -0.4 is 5.32 Å². The summed E-state index contributed by atoms with van der Waals surface area (Å²) in [4.78, 5) is 4.33. The van der Waals surface area contributed by atoms with Crippen molar-refractivity contribution in [2.45, 2.75) is 45.6 Å². The number of rotatable bonds is 4. The molecule has 0 radical (unpaired) electrons. The van der Waals surface area contributed by atoms with Gasteiger partial charge in [-0.1, -0.05) is 6.42 Å². The van der Waals surface area contributed by atoms with Gasteiger partial charge >= 0.3 is 0 Å². The number of nitrogens with zero attached hydrogens (tertiary/aromatic N) is 2. The molecule has 4 nitrogen and oxygen atoms in total. The van der Waals surface area contributed by atoms with E-state index in [4.69, 9.17) is 5.11 Å². The Bertz CT molecular complexity index is 493. The minimum absolute atomic E-state index is 0.238. The maximum atomic E-state index is 9.26. The van der Waals surface area contributed by atoms with Crippen LogP contribution in [0, 0.1) is 31.1 Å². The zero-order valence-corrected chi connectivity index (χ0v) is 11.6. The van der Waals surface area contributed by atoms with Gasteiger partial charge in [-0.3, -0.25) is 4.98 Å². The van der Waals surface area contributed by atoms with Crippen molar-refractivity contribution in [1.82, 2.24) is 4.98 Å². The van der Waals surface area contributed by atoms with Gasteiger partial charge in [-0.05, 0) is 45.1 Å². The van der Waals surface area contributed by atoms with Gasteiger partial charge in [0, 0.05) is 18.3 Å². The van der Waals surface area contributed by atoms with Crippen molar-refractivity contribution in [3.05, 3.63) is 23.0 Å². The maximum Gasteiger partial charge on any atom is 0.103 e. The van der Waals surface area contributed by atoms with Crippen LogP contribution >= 0.6 is 0 Å². The molecule has 2 atom stereocenters. The summed E-state index contributed by atoms with van der Waals surface area (Å²) in [6.07, 6.45) is 4.29. The maximum absolute atomic E-state index is 9.26. The van der Waals surface area contributed by atoms with Crippen LogP contribution in [0.4, 0.5) is 5.69 Å². The predicted octanol–water partition coefficient (Wildman–Crippen LogP) is 2.53. The Morgan fingerprint density at radius 3 is 2.95 bits per heavy atom. The fourth-order valence-corrected chi connectivity index (χ4v) is 3.02. The number of nitrogens with one attached hydrogen (secondary N) is 1. The van der Waals surface area contributed by atoms with Gasteiger partial charge in [0.2, 0.25) is 0 Å². The Hall–Kier alpha value is -1.60. The average molecular weight is 259 g/mol. The molecule has 1 aromatic rings. The van der Waals surface area contributed by atoms with E-state index in [1.165, 1.54) is 6.42 Å². The Labute approximate surface area is 114 Å². The van der Waals surface area contributed by atoms with Crippen molar-refractivity contribution < 1.29 is 5.11 Å². The van der Waals surface area contributed by atoms with Gasteiger partial charge < -0.3 is 10.4 Å². The highest BCUT2D eigenvalue weighted by Gasteiger charge is 2.27. The highest BCUT2D eigenvalue weighted by atomic mass is 16.3. The first-order chi connectivity index (χ1) is 9.15. The van der Waals surface area contributed by atoms with Crippen molar-refractivity contribution in [2.75, 3.05) is 11.9 Å². The number of aryl methyl sites for hydroxylation is 2. The van der Waals surface area contributed by atoms with Crippen molar-refractivity contribution in [1.29, 1.82) is 5.26 Å². The Morgan fingerprint density at radius 2 is 2.26 bits per heavy atom. The molecule has 0 amide bonds. The third-order valence-electron chi connectivity index (χ3n) is 3.94. The summed E-state index contributed by atoms with van der Waals surface area (Å²) in [5, 5.41) is 21.9. The number of aliphatic hydroxyl groups excluding tert-OH is 1. The number of hydrogen-bond acceptors (Lipinski definition) is 4. The van der Waals surface area contributed by atoms with Crippen molar-refractivity contribution in [3.63, 3.8) is 0 Å². The lowest BCUT2D eigenvalue weighted by molar-refractivity contribution is 0.254. The quantitative estimate of drug-likeness (QED) is 0.871. The summed E-state index contributed by atoms with van der Waals surface area (Å²) in [6.45, 7) is 4.05. The molecule has 1 saturated carbocycles. The van der Waals surface area contributed by atoms with E-state index in [-0.39, 0.29) is 6.61 Å². The molecule has 19 heavy (non-hydrogen) atoms. The van der Waals surface area contributed by atoms with Gasteiger partial charge in [-0.2, -0.15) is 5.26 Å². The lowest BCUT2D eigenvalue weighted by atomic mass is 9.99. The molecule has 1 aliphatic rings. The van der Waals surface area contributed by atoms with Gasteiger partial charge in [0.25, 0.3) is 0 Å². The Morgan fingerprint density at radius 1 is 1.47 bits per heavy atom. The lowest BCUT2D eigenvalue weighted by Gasteiger charge is -2.22. The summed E-state index contributed by atoms with van der Waals surface area (Å²) in [7, 11) is 0. The van der Waals surface area contributed by atoms with Crippen molar-refractivity contribution in [2.24, 2.45) is 5.92 Å². The van der Waals surface area contributed by atoms with Crippen LogP contribution in [0.2, 0.25) is 0 Å². The van der Waals surface area contributed by atoms with E-state index in [1.807, 2.05) is 19.9 Å². The molecule has 2 N–H and O–H groups in total. The minimum atomic E-state index is 0.238. The number of aromatic nitrogens is 1. The van der Waals surface area contributed by atoms with E-state index in [0.29, 0.717) is 17.5 Å². The van der Waals surface area contributed by atoms with Gasteiger partial charge in [-0.25, -0.2) is 0 Å². The zero-order valence-electron chi connectivity index (χ0n) is 11.6. The fourth-order valence-electron chi connectivity index (χ4n) is 3.02. The number of hydrogen-bond donors (Lipinski definition) is 2. The molecule has 0 aromatic carbocycles. The summed E-state index contributed by atoms with van der Waals surface area (Å²) in [5.41, 5.74) is 3.24. The third kappa shape index (κ3) is 3.05. The van der Waals surface area contributed by atoms with Gasteiger partial charge in [0.05, 0.1) is 16.9 Å². The van der Waals surface area contributed by atoms with Crippen LogP contribution in [0.25, 0.3) is 0 Å². The predicted molar refractivity (Wildman–Crippen MR) is 74.9 cm³/mol. The van der Waals surface area contributed by atoms with Crippen LogP contribution in [-0.2, 0) is 0 Å². The molecular weight excluding hydrogens is 238 g/mol. The zero-order chi connectivity index (χ0) is 13.8. The summed E-state index contributed by atoms with van der Waals surface area (Å²) >= 11 is 0. The smallest absolute Gasteiger partial charge is 0.103 e. The van der Waals surface area contributed by atoms with Crippen molar-refractivity contribution in [3.8, 4) is 6.07 Å². The standard InChI is InChI=1S/C15H21N3O/c1-10-8-15(13(9-16)11(2)17-10)18-14-5-3-4-12(14)6-7-19/h8,12,14,19H,3-7H2,1-2H3,(H,17,18). The SMILES string of the molecule is Cc1cc(NC2CCCC2CCO)c(C#N)c(C)n1. The molecule has 2 rings (SSSR count). The van der Waals surface area contributed by atoms with E-state index in [9.17, 15) is 5.26 Å². The first-order valence-electron chi connectivity index (χ1n) is 6.91. The Balaban J connectivity index is 2.21. The molecular formula is C15H21N3O. The van der Waals surface area contributed by atoms with Crippen LogP contribution in [0.3, 0.4) is 0 Å². The molecule has 1 aliphatic carbocycles. The molecule has 0 bridgehead atoms. The molecule has 2 unspecified atom stereocenters. The normalized spacial score (nSPS) is 22.2. The van der Waals surface area contributed by atoms with Crippen LogP contribution in [0.15, 0.2) is 6.07 Å². The minimum Gasteiger partial charge on any atom is -0.396 e. The van der Waals surface area contributed by atoms with E-state index in [1.54, 1.807) is 0 Å². The topological polar surface area (TPSA) is 68.9 Å². The molecule has 102 valence electrons. The highest BCUT2D eigenvalue weighted by Crippen LogP contribution is 2.32. The average Bonchev–Trinajstić information content (AvgIpc) is 2.77. The molecule has 1 aromatic heterocycles. The number of aliphatic hydroxyl groups is 1. The second-order valence-corrected chi connectivity index (χ2v) is 5.34. The van der Waals surface area contributed by atoms with Crippen LogP contribution in [0.5, 0.6) is 0 Å². The summed E-state index contributed by atoms with van der Waals surface area (Å²) in [6, 6.07) is 4.54. The summed E-state index contributed by atoms with van der Waals surface area (Å²) < 4.78 is 0. The van der Waals surface area contributed by atoms with E-state index in [0.717, 1.165) is 36.3 Å². The van der Waals surface area contributed by atoms with Gasteiger partial charge in [0.15, 0.2) is 0 Å². The molecule has 1 fully saturated rings. The first kappa shape index (κ1) is 13.8. The van der Waals surface area contributed by atoms with E-state index >= 15 is 0 Å². The number of pyridine rings is 1. The molecule has 1 heterocycles. The second kappa shape index (κ2) is 6.03. The monoisotopic (exact) mass is 259 g/mol. The van der Waals surface area contributed by atoms with Gasteiger partial charge in [0.1, 0.15) is 6.07 Å². The lowest BCUT2D eigenvalue weighted by Crippen LogP contribution is -2.25. The molecule has 0 spiro atoms. The molecule has 0 saturated heterocycles. The molecule has 0 aliphatic heterocycles. The highest BCUT2D eigenvalue weighted by molar-refractivity contribution is 5.60. The van der Waals surface area contributed by atoms with Crippen molar-refractivity contribution >= 4 is 5.69 Å². The second-order valence-electron chi connectivity index (χ2n) is 5.34. The molecule has 4 heteroatoms. The van der Waals surface area contributed by atoms with Crippen LogP contribution in [-0.4, -0.2) is 22.7 Å². The largest absolute Gasteiger partial charge is 0.396 e. The fraction of sp³-hybridized carbons (Fsp3) is 0.600.